The van der Waals surface area contributed by atoms with Gasteiger partial charge in [0.15, 0.2) is 0 Å². The van der Waals surface area contributed by atoms with Gasteiger partial charge in [-0.2, -0.15) is 0 Å². The lowest BCUT2D eigenvalue weighted by Crippen LogP contribution is -2.28. The van der Waals surface area contributed by atoms with Crippen molar-refractivity contribution in [3.63, 3.8) is 0 Å². The minimum absolute atomic E-state index is 0.0730. The highest BCUT2D eigenvalue weighted by Crippen LogP contribution is 2.31. The van der Waals surface area contributed by atoms with E-state index in [4.69, 9.17) is 11.6 Å². The standard InChI is InChI=1S/C16H15ClF2N2O3/c1-2-13(16(22)15-11(18)4-3-5-12(15)19)20-14-7-6-9(21(23)24)8-10(14)17/h3-8,13,16,20,22H,2H2,1H3. The Labute approximate surface area is 142 Å². The lowest BCUT2D eigenvalue weighted by molar-refractivity contribution is -0.384. The Morgan fingerprint density at radius 1 is 1.29 bits per heavy atom. The summed E-state index contributed by atoms with van der Waals surface area (Å²) in [5.74, 6) is -1.70. The van der Waals surface area contributed by atoms with E-state index in [-0.39, 0.29) is 10.7 Å². The van der Waals surface area contributed by atoms with Gasteiger partial charge in [0, 0.05) is 12.1 Å². The first-order chi connectivity index (χ1) is 11.3. The van der Waals surface area contributed by atoms with E-state index in [2.05, 4.69) is 5.32 Å². The van der Waals surface area contributed by atoms with E-state index in [0.29, 0.717) is 12.1 Å². The third-order valence-electron chi connectivity index (χ3n) is 3.62. The zero-order chi connectivity index (χ0) is 17.9. The Kier molecular flexibility index (Phi) is 5.69. The summed E-state index contributed by atoms with van der Waals surface area (Å²) in [5.41, 5.74) is -0.293. The van der Waals surface area contributed by atoms with Crippen LogP contribution < -0.4 is 5.32 Å². The lowest BCUT2D eigenvalue weighted by Gasteiger charge is -2.25. The molecule has 2 aromatic carbocycles. The van der Waals surface area contributed by atoms with Gasteiger partial charge in [0.1, 0.15) is 17.7 Å². The first kappa shape index (κ1) is 18.1. The number of nitrogens with zero attached hydrogens (tertiary/aromatic N) is 1. The maximum absolute atomic E-state index is 13.8. The molecule has 0 aliphatic heterocycles. The Morgan fingerprint density at radius 2 is 1.92 bits per heavy atom. The summed E-state index contributed by atoms with van der Waals surface area (Å²) in [6.07, 6.45) is -1.12. The molecule has 0 heterocycles. The second-order valence-corrected chi connectivity index (χ2v) is 5.57. The summed E-state index contributed by atoms with van der Waals surface area (Å²) in [5, 5.41) is 24.0. The predicted molar refractivity (Wildman–Crippen MR) is 87.1 cm³/mol. The van der Waals surface area contributed by atoms with Crippen molar-refractivity contribution in [3.05, 3.63) is 68.7 Å². The monoisotopic (exact) mass is 356 g/mol. The van der Waals surface area contributed by atoms with Crippen LogP contribution in [0.4, 0.5) is 20.2 Å². The number of anilines is 1. The van der Waals surface area contributed by atoms with Gasteiger partial charge >= 0.3 is 0 Å². The number of nitro groups is 1. The van der Waals surface area contributed by atoms with Crippen molar-refractivity contribution in [3.8, 4) is 0 Å². The van der Waals surface area contributed by atoms with Gasteiger partial charge < -0.3 is 10.4 Å². The van der Waals surface area contributed by atoms with Crippen LogP contribution in [0.15, 0.2) is 36.4 Å². The molecule has 2 unspecified atom stereocenters. The molecule has 2 atom stereocenters. The molecule has 2 N–H and O–H groups in total. The number of rotatable bonds is 6. The van der Waals surface area contributed by atoms with Gasteiger partial charge in [-0.05, 0) is 24.6 Å². The minimum Gasteiger partial charge on any atom is -0.386 e. The molecular formula is C16H15ClF2N2O3. The zero-order valence-electron chi connectivity index (χ0n) is 12.7. The first-order valence-electron chi connectivity index (χ1n) is 7.17. The highest BCUT2D eigenvalue weighted by molar-refractivity contribution is 6.33. The molecule has 2 rings (SSSR count). The quantitative estimate of drug-likeness (QED) is 0.592. The summed E-state index contributed by atoms with van der Waals surface area (Å²) >= 11 is 5.99. The SMILES string of the molecule is CCC(Nc1ccc([N+](=O)[O-])cc1Cl)C(O)c1c(F)cccc1F. The van der Waals surface area contributed by atoms with Crippen LogP contribution in [0.1, 0.15) is 25.0 Å². The molecule has 24 heavy (non-hydrogen) atoms. The molecule has 0 aromatic heterocycles. The Balaban J connectivity index is 2.28. The van der Waals surface area contributed by atoms with Crippen LogP contribution in [0.3, 0.4) is 0 Å². The topological polar surface area (TPSA) is 75.4 Å². The van der Waals surface area contributed by atoms with Gasteiger partial charge in [-0.25, -0.2) is 8.78 Å². The van der Waals surface area contributed by atoms with Crippen LogP contribution >= 0.6 is 11.6 Å². The molecule has 2 aromatic rings. The van der Waals surface area contributed by atoms with E-state index in [0.717, 1.165) is 18.2 Å². The Bertz CT molecular complexity index is 738. The van der Waals surface area contributed by atoms with Crippen molar-refractivity contribution in [2.45, 2.75) is 25.5 Å². The van der Waals surface area contributed by atoms with Crippen LogP contribution in [0, 0.1) is 21.7 Å². The van der Waals surface area contributed by atoms with Crippen LogP contribution in [0.25, 0.3) is 0 Å². The molecule has 0 bridgehead atoms. The zero-order valence-corrected chi connectivity index (χ0v) is 13.4. The largest absolute Gasteiger partial charge is 0.386 e. The smallest absolute Gasteiger partial charge is 0.271 e. The van der Waals surface area contributed by atoms with Crippen molar-refractivity contribution < 1.29 is 18.8 Å². The average Bonchev–Trinajstić information content (AvgIpc) is 2.53. The number of aliphatic hydroxyl groups excluding tert-OH is 1. The lowest BCUT2D eigenvalue weighted by atomic mass is 9.99. The van der Waals surface area contributed by atoms with Crippen LogP contribution in [0.5, 0.6) is 0 Å². The van der Waals surface area contributed by atoms with E-state index in [1.807, 2.05) is 0 Å². The summed E-state index contributed by atoms with van der Waals surface area (Å²) in [6.45, 7) is 1.72. The molecule has 0 aliphatic carbocycles. The Morgan fingerprint density at radius 3 is 2.42 bits per heavy atom. The van der Waals surface area contributed by atoms with Gasteiger partial charge in [-0.15, -0.1) is 0 Å². The number of nitro benzene ring substituents is 1. The first-order valence-corrected chi connectivity index (χ1v) is 7.55. The van der Waals surface area contributed by atoms with Crippen molar-refractivity contribution in [1.29, 1.82) is 0 Å². The van der Waals surface area contributed by atoms with Gasteiger partial charge in [0.2, 0.25) is 0 Å². The van der Waals surface area contributed by atoms with Crippen LogP contribution in [0.2, 0.25) is 5.02 Å². The van der Waals surface area contributed by atoms with Gasteiger partial charge in [0.25, 0.3) is 5.69 Å². The highest BCUT2D eigenvalue weighted by Gasteiger charge is 2.26. The van der Waals surface area contributed by atoms with E-state index >= 15 is 0 Å². The normalized spacial score (nSPS) is 13.4. The summed E-state index contributed by atoms with van der Waals surface area (Å²) in [4.78, 5) is 10.1. The fourth-order valence-electron chi connectivity index (χ4n) is 2.33. The summed E-state index contributed by atoms with van der Waals surface area (Å²) in [7, 11) is 0. The maximum atomic E-state index is 13.8. The number of halogens is 3. The molecule has 0 fully saturated rings. The second kappa shape index (κ2) is 7.55. The van der Waals surface area contributed by atoms with Crippen molar-refractivity contribution in [2.24, 2.45) is 0 Å². The fraction of sp³-hybridized carbons (Fsp3) is 0.250. The van der Waals surface area contributed by atoms with E-state index in [1.165, 1.54) is 18.2 Å². The van der Waals surface area contributed by atoms with Gasteiger partial charge in [0.05, 0.1) is 27.2 Å². The molecule has 0 radical (unpaired) electrons. The summed E-state index contributed by atoms with van der Waals surface area (Å²) < 4.78 is 27.7. The molecular weight excluding hydrogens is 342 g/mol. The maximum Gasteiger partial charge on any atom is 0.271 e. The van der Waals surface area contributed by atoms with E-state index in [1.54, 1.807) is 6.92 Å². The number of aliphatic hydroxyl groups is 1. The van der Waals surface area contributed by atoms with Gasteiger partial charge in [-0.1, -0.05) is 24.6 Å². The third kappa shape index (κ3) is 3.80. The number of nitrogens with one attached hydrogen (secondary N) is 1. The molecule has 0 saturated carbocycles. The molecule has 0 amide bonds. The molecule has 5 nitrogen and oxygen atoms in total. The van der Waals surface area contributed by atoms with Gasteiger partial charge in [-0.3, -0.25) is 10.1 Å². The summed E-state index contributed by atoms with van der Waals surface area (Å²) in [6, 6.07) is 6.38. The molecule has 128 valence electrons. The van der Waals surface area contributed by atoms with E-state index < -0.39 is 34.3 Å². The predicted octanol–water partition coefficient (Wildman–Crippen LogP) is 4.45. The average molecular weight is 357 g/mol. The van der Waals surface area contributed by atoms with E-state index in [9.17, 15) is 24.0 Å². The molecule has 0 spiro atoms. The fourth-order valence-corrected chi connectivity index (χ4v) is 2.56. The number of benzene rings is 2. The second-order valence-electron chi connectivity index (χ2n) is 5.16. The molecule has 8 heteroatoms. The molecule has 0 aliphatic rings. The third-order valence-corrected chi connectivity index (χ3v) is 3.93. The number of hydrogen-bond acceptors (Lipinski definition) is 4. The minimum atomic E-state index is -1.46. The van der Waals surface area contributed by atoms with Crippen molar-refractivity contribution in [1.82, 2.24) is 0 Å². The number of hydrogen-bond donors (Lipinski definition) is 2. The Hall–Kier alpha value is -2.25. The molecule has 0 saturated heterocycles. The highest BCUT2D eigenvalue weighted by atomic mass is 35.5. The van der Waals surface area contributed by atoms with Crippen molar-refractivity contribution >= 4 is 23.0 Å². The van der Waals surface area contributed by atoms with Crippen LogP contribution in [-0.4, -0.2) is 16.1 Å². The van der Waals surface area contributed by atoms with Crippen LogP contribution in [-0.2, 0) is 0 Å². The van der Waals surface area contributed by atoms with Crippen molar-refractivity contribution in [2.75, 3.05) is 5.32 Å². The number of non-ortho nitro benzene ring substituents is 1.